The number of amides is 1. The number of aryl methyl sites for hydroxylation is 1. The van der Waals surface area contributed by atoms with Crippen molar-refractivity contribution < 1.29 is 9.72 Å². The molecule has 2 aromatic carbocycles. The number of nitro groups is 1. The third-order valence-electron chi connectivity index (χ3n) is 5.50. The molecular formula is C22H18N6O4S. The molecule has 0 fully saturated rings. The Morgan fingerprint density at radius 2 is 2.06 bits per heavy atom. The summed E-state index contributed by atoms with van der Waals surface area (Å²) in [6.07, 6.45) is 1.54. The molecule has 1 aliphatic rings. The minimum absolute atomic E-state index is 0.0437. The summed E-state index contributed by atoms with van der Waals surface area (Å²) in [5, 5.41) is 19.0. The van der Waals surface area contributed by atoms with Gasteiger partial charge < -0.3 is 5.32 Å². The highest BCUT2D eigenvalue weighted by Gasteiger charge is 2.30. The van der Waals surface area contributed by atoms with E-state index >= 15 is 0 Å². The van der Waals surface area contributed by atoms with Crippen LogP contribution in [0.2, 0.25) is 0 Å². The van der Waals surface area contributed by atoms with Crippen LogP contribution in [0.15, 0.2) is 64.7 Å². The van der Waals surface area contributed by atoms with E-state index in [2.05, 4.69) is 15.4 Å². The van der Waals surface area contributed by atoms with Crippen molar-refractivity contribution in [2.45, 2.75) is 24.5 Å². The normalized spacial score (nSPS) is 14.9. The summed E-state index contributed by atoms with van der Waals surface area (Å²) in [7, 11) is 0. The van der Waals surface area contributed by atoms with E-state index in [4.69, 9.17) is 0 Å². The van der Waals surface area contributed by atoms with E-state index in [9.17, 15) is 19.7 Å². The highest BCUT2D eigenvalue weighted by Crippen LogP contribution is 2.34. The number of carbonyl (C=O) groups is 1. The Morgan fingerprint density at radius 1 is 1.27 bits per heavy atom. The molecule has 3 heterocycles. The van der Waals surface area contributed by atoms with Gasteiger partial charge in [0.2, 0.25) is 5.91 Å². The maximum atomic E-state index is 13.2. The van der Waals surface area contributed by atoms with Gasteiger partial charge in [-0.3, -0.25) is 24.3 Å². The lowest BCUT2D eigenvalue weighted by molar-refractivity contribution is -0.384. The van der Waals surface area contributed by atoms with Crippen LogP contribution in [0.4, 0.5) is 11.4 Å². The molecule has 0 saturated heterocycles. The van der Waals surface area contributed by atoms with E-state index in [-0.39, 0.29) is 29.6 Å². The summed E-state index contributed by atoms with van der Waals surface area (Å²) in [5.41, 5.74) is 2.02. The maximum absolute atomic E-state index is 13.2. The van der Waals surface area contributed by atoms with Gasteiger partial charge in [0, 0.05) is 24.3 Å². The number of hydrogen-bond acceptors (Lipinski definition) is 7. The predicted octanol–water partition coefficient (Wildman–Crippen LogP) is 3.47. The molecule has 0 bridgehead atoms. The molecule has 1 unspecified atom stereocenters. The molecule has 33 heavy (non-hydrogen) atoms. The number of anilines is 1. The summed E-state index contributed by atoms with van der Waals surface area (Å²) < 4.78 is 3.17. The number of hydrogen-bond donors (Lipinski definition) is 1. The summed E-state index contributed by atoms with van der Waals surface area (Å²) in [6, 6.07) is 13.4. The zero-order valence-corrected chi connectivity index (χ0v) is 18.3. The molecule has 5 rings (SSSR count). The Hall–Kier alpha value is -3.99. The van der Waals surface area contributed by atoms with E-state index in [0.717, 1.165) is 5.69 Å². The monoisotopic (exact) mass is 462 g/mol. The Labute approximate surface area is 191 Å². The number of aromatic nitrogens is 4. The van der Waals surface area contributed by atoms with Crippen molar-refractivity contribution in [3.63, 3.8) is 0 Å². The highest BCUT2D eigenvalue weighted by atomic mass is 32.2. The minimum atomic E-state index is -0.509. The number of benzene rings is 2. The summed E-state index contributed by atoms with van der Waals surface area (Å²) >= 11 is 1.41. The smallest absolute Gasteiger partial charge is 0.271 e. The van der Waals surface area contributed by atoms with Crippen molar-refractivity contribution in [2.75, 3.05) is 11.1 Å². The number of fused-ring (bicyclic) bond motifs is 2. The quantitative estimate of drug-likeness (QED) is 0.273. The van der Waals surface area contributed by atoms with Crippen LogP contribution in [0.5, 0.6) is 0 Å². The number of nitro benzene ring substituents is 1. The minimum Gasteiger partial charge on any atom is -0.326 e. The number of carbonyl (C=O) groups excluding carboxylic acids is 1. The maximum Gasteiger partial charge on any atom is 0.271 e. The number of para-hydroxylation sites is 1. The van der Waals surface area contributed by atoms with Crippen molar-refractivity contribution >= 4 is 40.1 Å². The molecule has 1 atom stereocenters. The SMILES string of the molecule is Cc1ccc([N+](=O)[O-])cc1NC(=O)CC1CSc2nc3c(cnn3-c3ccccc3)c(=O)n21. The topological polar surface area (TPSA) is 125 Å². The van der Waals surface area contributed by atoms with Crippen LogP contribution in [0, 0.1) is 17.0 Å². The van der Waals surface area contributed by atoms with Gasteiger partial charge in [0.15, 0.2) is 10.8 Å². The first-order valence-corrected chi connectivity index (χ1v) is 11.1. The van der Waals surface area contributed by atoms with E-state index in [1.54, 1.807) is 22.2 Å². The first-order chi connectivity index (χ1) is 15.9. The second kappa shape index (κ2) is 8.17. The van der Waals surface area contributed by atoms with Crippen LogP contribution in [0.3, 0.4) is 0 Å². The van der Waals surface area contributed by atoms with Crippen LogP contribution in [-0.4, -0.2) is 35.9 Å². The average Bonchev–Trinajstić information content (AvgIpc) is 3.40. The lowest BCUT2D eigenvalue weighted by Crippen LogP contribution is -2.27. The molecular weight excluding hydrogens is 444 g/mol. The first-order valence-electron chi connectivity index (χ1n) is 10.2. The fraction of sp³-hybridized carbons (Fsp3) is 0.182. The molecule has 0 aliphatic carbocycles. The van der Waals surface area contributed by atoms with E-state index in [0.29, 0.717) is 33.2 Å². The molecule has 166 valence electrons. The zero-order valence-electron chi connectivity index (χ0n) is 17.5. The summed E-state index contributed by atoms with van der Waals surface area (Å²) in [5.74, 6) is 0.193. The standard InChI is InChI=1S/C22H18N6O4S/c1-13-7-8-15(28(31)32)9-18(13)24-19(29)10-16-12-33-22-25-20-17(21(30)26(16)22)11-23-27(20)14-5-3-2-4-6-14/h2-9,11,16H,10,12H2,1H3,(H,24,29). The zero-order chi connectivity index (χ0) is 23.1. The Kier molecular flexibility index (Phi) is 5.17. The Bertz CT molecular complexity index is 1460. The van der Waals surface area contributed by atoms with E-state index < -0.39 is 4.92 Å². The third kappa shape index (κ3) is 3.76. The van der Waals surface area contributed by atoms with Gasteiger partial charge in [0.25, 0.3) is 11.2 Å². The average molecular weight is 462 g/mol. The van der Waals surface area contributed by atoms with Crippen LogP contribution >= 0.6 is 11.8 Å². The Morgan fingerprint density at radius 3 is 2.82 bits per heavy atom. The number of rotatable bonds is 5. The molecule has 0 spiro atoms. The van der Waals surface area contributed by atoms with Gasteiger partial charge in [0.05, 0.1) is 28.5 Å². The van der Waals surface area contributed by atoms with E-state index in [1.165, 1.54) is 30.1 Å². The van der Waals surface area contributed by atoms with Gasteiger partial charge >= 0.3 is 0 Å². The van der Waals surface area contributed by atoms with Crippen molar-refractivity contribution in [1.29, 1.82) is 0 Å². The summed E-state index contributed by atoms with van der Waals surface area (Å²) in [6.45, 7) is 1.76. The third-order valence-corrected chi connectivity index (χ3v) is 6.60. The highest BCUT2D eigenvalue weighted by molar-refractivity contribution is 7.99. The van der Waals surface area contributed by atoms with E-state index in [1.807, 2.05) is 30.3 Å². The molecule has 1 amide bonds. The molecule has 11 heteroatoms. The van der Waals surface area contributed by atoms with Crippen LogP contribution in [0.25, 0.3) is 16.7 Å². The number of non-ortho nitro benzene ring substituents is 1. The van der Waals surface area contributed by atoms with Crippen molar-refractivity contribution in [3.8, 4) is 5.69 Å². The van der Waals surface area contributed by atoms with Gasteiger partial charge in [-0.05, 0) is 24.6 Å². The van der Waals surface area contributed by atoms with Crippen molar-refractivity contribution in [3.05, 3.63) is 80.8 Å². The number of nitrogens with zero attached hydrogens (tertiary/aromatic N) is 5. The Balaban J connectivity index is 1.42. The number of nitrogens with one attached hydrogen (secondary N) is 1. The van der Waals surface area contributed by atoms with Crippen molar-refractivity contribution in [1.82, 2.24) is 19.3 Å². The molecule has 0 saturated carbocycles. The predicted molar refractivity (Wildman–Crippen MR) is 124 cm³/mol. The van der Waals surface area contributed by atoms with Gasteiger partial charge in [-0.1, -0.05) is 36.0 Å². The molecule has 1 aliphatic heterocycles. The van der Waals surface area contributed by atoms with Crippen LogP contribution < -0.4 is 10.9 Å². The first kappa shape index (κ1) is 20.9. The summed E-state index contributed by atoms with van der Waals surface area (Å²) in [4.78, 5) is 41.2. The molecule has 10 nitrogen and oxygen atoms in total. The van der Waals surface area contributed by atoms with Gasteiger partial charge in [0.1, 0.15) is 5.39 Å². The van der Waals surface area contributed by atoms with Crippen LogP contribution in [0.1, 0.15) is 18.0 Å². The molecule has 1 N–H and O–H groups in total. The van der Waals surface area contributed by atoms with Crippen molar-refractivity contribution in [2.24, 2.45) is 0 Å². The fourth-order valence-corrected chi connectivity index (χ4v) is 4.94. The second-order valence-corrected chi connectivity index (χ2v) is 8.66. The van der Waals surface area contributed by atoms with Gasteiger partial charge in [-0.2, -0.15) is 5.10 Å². The fourth-order valence-electron chi connectivity index (χ4n) is 3.81. The molecule has 2 aromatic heterocycles. The lowest BCUT2D eigenvalue weighted by Gasteiger charge is -2.14. The van der Waals surface area contributed by atoms with Crippen LogP contribution in [-0.2, 0) is 4.79 Å². The second-order valence-electron chi connectivity index (χ2n) is 7.67. The molecule has 0 radical (unpaired) electrons. The van der Waals surface area contributed by atoms with Gasteiger partial charge in [-0.25, -0.2) is 9.67 Å². The largest absolute Gasteiger partial charge is 0.326 e. The number of thioether (sulfide) groups is 1. The van der Waals surface area contributed by atoms with Gasteiger partial charge in [-0.15, -0.1) is 0 Å². The molecule has 4 aromatic rings. The lowest BCUT2D eigenvalue weighted by atomic mass is 10.1.